The third kappa shape index (κ3) is 3.76. The number of hydrogen-bond donors (Lipinski definition) is 2. The highest BCUT2D eigenvalue weighted by molar-refractivity contribution is 5.52. The number of nitrogens with zero attached hydrogens (tertiary/aromatic N) is 3. The molecule has 1 fully saturated rings. The average molecular weight is 366 g/mol. The molecule has 2 aromatic rings. The summed E-state index contributed by atoms with van der Waals surface area (Å²) in [4.78, 5) is 2.57. The predicted octanol–water partition coefficient (Wildman–Crippen LogP) is 2.62. The predicted molar refractivity (Wildman–Crippen MR) is 109 cm³/mol. The Hall–Kier alpha value is -1.85. The molecule has 3 aliphatic rings. The second-order valence-corrected chi connectivity index (χ2v) is 8.33. The van der Waals surface area contributed by atoms with Gasteiger partial charge < -0.3 is 15.5 Å². The van der Waals surface area contributed by atoms with E-state index in [9.17, 15) is 0 Å². The lowest BCUT2D eigenvalue weighted by atomic mass is 10.0. The highest BCUT2D eigenvalue weighted by Gasteiger charge is 2.21. The van der Waals surface area contributed by atoms with Gasteiger partial charge in [0.15, 0.2) is 0 Å². The number of aromatic nitrogens is 2. The Balaban J connectivity index is 1.13. The van der Waals surface area contributed by atoms with Crippen molar-refractivity contribution in [3.63, 3.8) is 0 Å². The number of piperidine rings is 1. The molecule has 1 aliphatic carbocycles. The van der Waals surface area contributed by atoms with Crippen molar-refractivity contribution in [1.29, 1.82) is 0 Å². The maximum Gasteiger partial charge on any atom is 0.0765 e. The van der Waals surface area contributed by atoms with Crippen LogP contribution in [0, 0.1) is 0 Å². The number of aryl methyl sites for hydroxylation is 3. The van der Waals surface area contributed by atoms with Crippen molar-refractivity contribution in [1.82, 2.24) is 20.4 Å². The summed E-state index contributed by atoms with van der Waals surface area (Å²) in [6.45, 7) is 6.29. The fourth-order valence-electron chi connectivity index (χ4n) is 4.85. The van der Waals surface area contributed by atoms with E-state index in [4.69, 9.17) is 5.10 Å². The first kappa shape index (κ1) is 17.3. The second-order valence-electron chi connectivity index (χ2n) is 8.33. The number of benzene rings is 1. The maximum absolute atomic E-state index is 4.79. The van der Waals surface area contributed by atoms with E-state index in [1.807, 2.05) is 0 Å². The summed E-state index contributed by atoms with van der Waals surface area (Å²) >= 11 is 0. The maximum atomic E-state index is 4.79. The molecule has 5 nitrogen and oxygen atoms in total. The molecule has 5 rings (SSSR count). The Bertz CT molecular complexity index is 764. The van der Waals surface area contributed by atoms with Gasteiger partial charge in [-0.2, -0.15) is 5.10 Å². The molecule has 0 radical (unpaired) electrons. The van der Waals surface area contributed by atoms with Gasteiger partial charge in [-0.1, -0.05) is 6.07 Å². The van der Waals surface area contributed by atoms with Gasteiger partial charge in [-0.25, -0.2) is 0 Å². The standard InChI is InChI=1S/C22H31N5/c1-3-17-5-6-21(13-18(17)4-1)26-11-7-19(8-12-26)24-15-20-14-22-16-23-9-2-10-27(22)25-20/h5-6,13-14,19,23-24H,1-4,7-12,15-16H2. The van der Waals surface area contributed by atoms with E-state index in [1.54, 1.807) is 11.1 Å². The van der Waals surface area contributed by atoms with Gasteiger partial charge in [0.1, 0.15) is 0 Å². The fourth-order valence-corrected chi connectivity index (χ4v) is 4.85. The molecule has 0 spiro atoms. The Morgan fingerprint density at radius 1 is 1.04 bits per heavy atom. The molecule has 3 heterocycles. The molecule has 1 saturated heterocycles. The smallest absolute Gasteiger partial charge is 0.0765 e. The lowest BCUT2D eigenvalue weighted by Crippen LogP contribution is -2.42. The molecule has 5 heteroatoms. The fraction of sp³-hybridized carbons (Fsp3) is 0.591. The molecule has 1 aromatic carbocycles. The van der Waals surface area contributed by atoms with E-state index in [1.165, 1.54) is 55.6 Å². The molecule has 0 atom stereocenters. The van der Waals surface area contributed by atoms with Gasteiger partial charge in [0.05, 0.1) is 11.4 Å². The van der Waals surface area contributed by atoms with Crippen LogP contribution in [-0.2, 0) is 32.5 Å². The first-order valence-corrected chi connectivity index (χ1v) is 10.7. The quantitative estimate of drug-likeness (QED) is 0.874. The summed E-state index contributed by atoms with van der Waals surface area (Å²) < 4.78 is 2.19. The van der Waals surface area contributed by atoms with Crippen LogP contribution in [0.5, 0.6) is 0 Å². The van der Waals surface area contributed by atoms with E-state index < -0.39 is 0 Å². The number of nitrogens with one attached hydrogen (secondary N) is 2. The Labute approximate surface area is 162 Å². The number of fused-ring (bicyclic) bond motifs is 2. The average Bonchev–Trinajstić information content (AvgIpc) is 3.27. The van der Waals surface area contributed by atoms with E-state index >= 15 is 0 Å². The van der Waals surface area contributed by atoms with Crippen LogP contribution in [0.3, 0.4) is 0 Å². The minimum absolute atomic E-state index is 0.607. The van der Waals surface area contributed by atoms with Gasteiger partial charge in [-0.3, -0.25) is 4.68 Å². The lowest BCUT2D eigenvalue weighted by molar-refractivity contribution is 0.410. The molecule has 0 bridgehead atoms. The van der Waals surface area contributed by atoms with Gasteiger partial charge >= 0.3 is 0 Å². The number of rotatable bonds is 4. The summed E-state index contributed by atoms with van der Waals surface area (Å²) in [5.74, 6) is 0. The van der Waals surface area contributed by atoms with Crippen LogP contribution in [-0.4, -0.2) is 35.5 Å². The van der Waals surface area contributed by atoms with Crippen LogP contribution in [0.2, 0.25) is 0 Å². The Morgan fingerprint density at radius 2 is 1.93 bits per heavy atom. The van der Waals surface area contributed by atoms with Crippen LogP contribution < -0.4 is 15.5 Å². The minimum atomic E-state index is 0.607. The summed E-state index contributed by atoms with van der Waals surface area (Å²) in [6.07, 6.45) is 7.47. The molecule has 0 unspecified atom stereocenters. The molecule has 0 amide bonds. The van der Waals surface area contributed by atoms with E-state index in [0.717, 1.165) is 39.3 Å². The van der Waals surface area contributed by atoms with Crippen LogP contribution >= 0.6 is 0 Å². The van der Waals surface area contributed by atoms with E-state index in [0.29, 0.717) is 6.04 Å². The van der Waals surface area contributed by atoms with Crippen LogP contribution in [0.25, 0.3) is 0 Å². The number of hydrogen-bond acceptors (Lipinski definition) is 4. The van der Waals surface area contributed by atoms with Crippen molar-refractivity contribution in [2.24, 2.45) is 0 Å². The van der Waals surface area contributed by atoms with Gasteiger partial charge in [0, 0.05) is 44.5 Å². The zero-order chi connectivity index (χ0) is 18.1. The zero-order valence-corrected chi connectivity index (χ0v) is 16.2. The van der Waals surface area contributed by atoms with Crippen molar-refractivity contribution < 1.29 is 0 Å². The zero-order valence-electron chi connectivity index (χ0n) is 16.2. The molecule has 0 saturated carbocycles. The Kier molecular flexibility index (Phi) is 4.89. The van der Waals surface area contributed by atoms with Crippen molar-refractivity contribution in [2.75, 3.05) is 24.5 Å². The minimum Gasteiger partial charge on any atom is -0.371 e. The van der Waals surface area contributed by atoms with E-state index in [2.05, 4.69) is 44.5 Å². The van der Waals surface area contributed by atoms with Crippen molar-refractivity contribution in [2.45, 2.75) is 64.2 Å². The largest absolute Gasteiger partial charge is 0.371 e. The summed E-state index contributed by atoms with van der Waals surface area (Å²) in [7, 11) is 0. The second kappa shape index (κ2) is 7.64. The normalized spacial score (nSPS) is 20.4. The monoisotopic (exact) mass is 365 g/mol. The molecular formula is C22H31N5. The summed E-state index contributed by atoms with van der Waals surface area (Å²) in [5, 5.41) is 12.0. The summed E-state index contributed by atoms with van der Waals surface area (Å²) in [6, 6.07) is 10.0. The van der Waals surface area contributed by atoms with Gasteiger partial charge in [0.25, 0.3) is 0 Å². The molecule has 27 heavy (non-hydrogen) atoms. The van der Waals surface area contributed by atoms with Crippen LogP contribution in [0.15, 0.2) is 24.3 Å². The van der Waals surface area contributed by atoms with E-state index in [-0.39, 0.29) is 0 Å². The SMILES string of the molecule is c1cc2c(cc1N1CCC(NCc3cc4n(n3)CCCNC4)CC1)CCC2. The molecule has 2 N–H and O–H groups in total. The van der Waals surface area contributed by atoms with Gasteiger partial charge in [-0.15, -0.1) is 0 Å². The topological polar surface area (TPSA) is 45.1 Å². The molecular weight excluding hydrogens is 334 g/mol. The van der Waals surface area contributed by atoms with Crippen molar-refractivity contribution in [3.8, 4) is 0 Å². The van der Waals surface area contributed by atoms with Crippen molar-refractivity contribution >= 4 is 5.69 Å². The number of anilines is 1. The van der Waals surface area contributed by atoms with Gasteiger partial charge in [-0.05, 0) is 74.4 Å². The highest BCUT2D eigenvalue weighted by Crippen LogP contribution is 2.28. The summed E-state index contributed by atoms with van der Waals surface area (Å²) in [5.41, 5.74) is 7.11. The van der Waals surface area contributed by atoms with Crippen LogP contribution in [0.4, 0.5) is 5.69 Å². The first-order valence-electron chi connectivity index (χ1n) is 10.7. The third-order valence-corrected chi connectivity index (χ3v) is 6.46. The molecule has 1 aromatic heterocycles. The van der Waals surface area contributed by atoms with Gasteiger partial charge in [0.2, 0.25) is 0 Å². The third-order valence-electron chi connectivity index (χ3n) is 6.46. The Morgan fingerprint density at radius 3 is 2.85 bits per heavy atom. The lowest BCUT2D eigenvalue weighted by Gasteiger charge is -2.34. The van der Waals surface area contributed by atoms with Crippen molar-refractivity contribution in [3.05, 3.63) is 46.8 Å². The highest BCUT2D eigenvalue weighted by atomic mass is 15.3. The first-order chi connectivity index (χ1) is 13.3. The molecule has 144 valence electrons. The molecule has 2 aliphatic heterocycles. The van der Waals surface area contributed by atoms with Crippen LogP contribution in [0.1, 0.15) is 48.2 Å².